The minimum atomic E-state index is -1.68. The Hall–Kier alpha value is -0.120. The van der Waals surface area contributed by atoms with E-state index in [0.717, 1.165) is 12.6 Å². The van der Waals surface area contributed by atoms with Gasteiger partial charge in [0.15, 0.2) is 0 Å². The Kier molecular flexibility index (Phi) is 5.67. The molecule has 2 rings (SSSR count). The van der Waals surface area contributed by atoms with Crippen molar-refractivity contribution in [1.29, 1.82) is 0 Å². The molecule has 0 fully saturated rings. The van der Waals surface area contributed by atoms with Gasteiger partial charge < -0.3 is 0 Å². The summed E-state index contributed by atoms with van der Waals surface area (Å²) >= 11 is 13.1. The summed E-state index contributed by atoms with van der Waals surface area (Å²) < 4.78 is 0. The zero-order valence-electron chi connectivity index (χ0n) is 10.8. The predicted octanol–water partition coefficient (Wildman–Crippen LogP) is 5.77. The minimum Gasteiger partial charge on any atom is -0.0620 e. The fraction of sp³-hybridized carbons (Fsp3) is 0.200. The summed E-state index contributed by atoms with van der Waals surface area (Å²) in [5.74, 6) is 0. The Bertz CT molecular complexity index is 461. The Labute approximate surface area is 126 Å². The SMILES string of the molecule is CCC[P+](c1ccccc1)(c1ccccc1)P(Cl)Cl. The lowest BCUT2D eigenvalue weighted by molar-refractivity contribution is 1.10. The van der Waals surface area contributed by atoms with Crippen molar-refractivity contribution >= 4 is 46.4 Å². The van der Waals surface area contributed by atoms with Gasteiger partial charge in [-0.05, 0) is 53.2 Å². The Morgan fingerprint density at radius 3 is 1.58 bits per heavy atom. The molecule has 0 spiro atoms. The molecule has 2 aromatic carbocycles. The maximum absolute atomic E-state index is 6.53. The molecule has 0 bridgehead atoms. The van der Waals surface area contributed by atoms with E-state index in [1.165, 1.54) is 10.6 Å². The average Bonchev–Trinajstić information content (AvgIpc) is 2.46. The number of halogens is 2. The summed E-state index contributed by atoms with van der Waals surface area (Å²) in [6, 6.07) is 21.1. The van der Waals surface area contributed by atoms with E-state index >= 15 is 0 Å². The van der Waals surface area contributed by atoms with Crippen molar-refractivity contribution in [1.82, 2.24) is 0 Å². The lowest BCUT2D eigenvalue weighted by Crippen LogP contribution is -2.21. The first-order valence-electron chi connectivity index (χ1n) is 6.33. The first kappa shape index (κ1) is 15.3. The van der Waals surface area contributed by atoms with E-state index in [0.29, 0.717) is 0 Å². The minimum absolute atomic E-state index is 1.05. The van der Waals surface area contributed by atoms with Gasteiger partial charge in [-0.1, -0.05) is 43.3 Å². The van der Waals surface area contributed by atoms with Crippen molar-refractivity contribution in [2.24, 2.45) is 0 Å². The molecule has 0 amide bonds. The second-order valence-corrected chi connectivity index (χ2v) is 15.0. The van der Waals surface area contributed by atoms with Crippen LogP contribution in [0.4, 0.5) is 0 Å². The van der Waals surface area contributed by atoms with Crippen LogP contribution in [-0.4, -0.2) is 6.16 Å². The molecular formula is C15H17Cl2P2+. The third-order valence-electron chi connectivity index (χ3n) is 3.17. The van der Waals surface area contributed by atoms with Gasteiger partial charge in [-0.3, -0.25) is 0 Å². The van der Waals surface area contributed by atoms with Crippen molar-refractivity contribution in [3.05, 3.63) is 60.7 Å². The van der Waals surface area contributed by atoms with Crippen LogP contribution in [0, 0.1) is 0 Å². The number of benzene rings is 2. The second kappa shape index (κ2) is 7.05. The largest absolute Gasteiger partial charge is 0.258 e. The molecule has 0 unspecified atom stereocenters. The highest BCUT2D eigenvalue weighted by molar-refractivity contribution is 8.61. The molecule has 0 aliphatic heterocycles. The molecule has 0 saturated heterocycles. The molecule has 0 N–H and O–H groups in total. The summed E-state index contributed by atoms with van der Waals surface area (Å²) in [6.07, 6.45) is 1.11. The topological polar surface area (TPSA) is 0 Å². The van der Waals surface area contributed by atoms with Gasteiger partial charge in [0, 0.05) is 0 Å². The smallest absolute Gasteiger partial charge is 0.0620 e. The monoisotopic (exact) mass is 329 g/mol. The standard InChI is InChI=1S/C15H17Cl2P2/c1-2-13-19(18(16)17,14-9-5-3-6-10-14)15-11-7-4-8-12-15/h3-12H,2,13H2,1H3/q+1. The van der Waals surface area contributed by atoms with Gasteiger partial charge in [-0.25, -0.2) is 0 Å². The highest BCUT2D eigenvalue weighted by atomic mass is 35.9. The molecule has 0 aliphatic carbocycles. The van der Waals surface area contributed by atoms with Gasteiger partial charge >= 0.3 is 0 Å². The maximum Gasteiger partial charge on any atom is 0.258 e. The molecule has 0 atom stereocenters. The Morgan fingerprint density at radius 1 is 0.842 bits per heavy atom. The first-order valence-corrected chi connectivity index (χ1v) is 12.2. The molecule has 0 nitrogen and oxygen atoms in total. The molecule has 0 heterocycles. The van der Waals surface area contributed by atoms with Crippen molar-refractivity contribution in [3.8, 4) is 0 Å². The van der Waals surface area contributed by atoms with E-state index in [9.17, 15) is 0 Å². The van der Waals surface area contributed by atoms with E-state index in [4.69, 9.17) is 22.5 Å². The third-order valence-corrected chi connectivity index (χ3v) is 15.3. The van der Waals surface area contributed by atoms with Crippen LogP contribution in [0.15, 0.2) is 60.7 Å². The van der Waals surface area contributed by atoms with Crippen LogP contribution >= 0.6 is 35.7 Å². The van der Waals surface area contributed by atoms with Gasteiger partial charge in [0.2, 0.25) is 0 Å². The highest BCUT2D eigenvalue weighted by Crippen LogP contribution is 2.87. The number of hydrogen-bond donors (Lipinski definition) is 0. The molecule has 100 valence electrons. The van der Waals surface area contributed by atoms with Crippen LogP contribution in [-0.2, 0) is 0 Å². The highest BCUT2D eigenvalue weighted by Gasteiger charge is 2.49. The zero-order valence-corrected chi connectivity index (χ0v) is 14.1. The summed E-state index contributed by atoms with van der Waals surface area (Å²) in [6.45, 7) is 0.524. The molecule has 0 radical (unpaired) electrons. The van der Waals surface area contributed by atoms with Gasteiger partial charge in [0.05, 0.1) is 6.16 Å². The van der Waals surface area contributed by atoms with E-state index in [2.05, 4.69) is 55.5 Å². The lowest BCUT2D eigenvalue weighted by atomic mass is 10.4. The fourth-order valence-corrected chi connectivity index (χ4v) is 13.0. The van der Waals surface area contributed by atoms with Crippen molar-refractivity contribution in [3.63, 3.8) is 0 Å². The van der Waals surface area contributed by atoms with Gasteiger partial charge in [-0.2, -0.15) is 0 Å². The van der Waals surface area contributed by atoms with Crippen LogP contribution in [0.1, 0.15) is 13.3 Å². The van der Waals surface area contributed by atoms with Crippen molar-refractivity contribution < 1.29 is 0 Å². The predicted molar refractivity (Wildman–Crippen MR) is 92.9 cm³/mol. The molecule has 0 aromatic heterocycles. The van der Waals surface area contributed by atoms with E-state index in [-0.39, 0.29) is 0 Å². The molecule has 19 heavy (non-hydrogen) atoms. The first-order chi connectivity index (χ1) is 9.21. The molecule has 0 aliphatic rings. The van der Waals surface area contributed by atoms with Gasteiger partial charge in [0.25, 0.3) is 6.32 Å². The van der Waals surface area contributed by atoms with E-state index < -0.39 is 13.3 Å². The van der Waals surface area contributed by atoms with Crippen molar-refractivity contribution in [2.75, 3.05) is 6.16 Å². The fourth-order valence-electron chi connectivity index (χ4n) is 2.33. The van der Waals surface area contributed by atoms with Gasteiger partial charge in [0.1, 0.15) is 17.6 Å². The summed E-state index contributed by atoms with van der Waals surface area (Å²) in [4.78, 5) is 0. The molecular weight excluding hydrogens is 313 g/mol. The van der Waals surface area contributed by atoms with E-state index in [1.54, 1.807) is 0 Å². The number of rotatable bonds is 5. The lowest BCUT2D eigenvalue weighted by Gasteiger charge is -2.26. The van der Waals surface area contributed by atoms with Gasteiger partial charge in [-0.15, -0.1) is 0 Å². The van der Waals surface area contributed by atoms with Crippen LogP contribution in [0.3, 0.4) is 0 Å². The maximum atomic E-state index is 6.53. The number of hydrogen-bond acceptors (Lipinski definition) is 0. The summed E-state index contributed by atoms with van der Waals surface area (Å²) in [5, 5.41) is 2.64. The van der Waals surface area contributed by atoms with Crippen LogP contribution in [0.25, 0.3) is 0 Å². The summed E-state index contributed by atoms with van der Waals surface area (Å²) in [7, 11) is 0. The van der Waals surface area contributed by atoms with E-state index in [1.807, 2.05) is 12.1 Å². The molecule has 2 aromatic rings. The molecule has 4 heteroatoms. The van der Waals surface area contributed by atoms with Crippen LogP contribution < -0.4 is 10.6 Å². The average molecular weight is 330 g/mol. The van der Waals surface area contributed by atoms with Crippen molar-refractivity contribution in [2.45, 2.75) is 13.3 Å². The normalized spacial score (nSPS) is 11.8. The molecule has 0 saturated carbocycles. The van der Waals surface area contributed by atoms with Crippen LogP contribution in [0.5, 0.6) is 0 Å². The Balaban J connectivity index is 2.61. The zero-order chi connectivity index (χ0) is 13.7. The quantitative estimate of drug-likeness (QED) is 0.611. The second-order valence-electron chi connectivity index (χ2n) is 4.38. The third kappa shape index (κ3) is 3.14. The summed E-state index contributed by atoms with van der Waals surface area (Å²) in [5.41, 5.74) is 0. The Morgan fingerprint density at radius 2 is 1.26 bits per heavy atom. The van der Waals surface area contributed by atoms with Crippen LogP contribution in [0.2, 0.25) is 0 Å².